The summed E-state index contributed by atoms with van der Waals surface area (Å²) >= 11 is 0. The number of amides is 2. The summed E-state index contributed by atoms with van der Waals surface area (Å²) in [5.74, 6) is -1.73. The molecule has 0 saturated carbocycles. The number of aliphatic carboxylic acids is 1. The van der Waals surface area contributed by atoms with E-state index in [2.05, 4.69) is 5.32 Å². The van der Waals surface area contributed by atoms with Crippen molar-refractivity contribution in [3.05, 3.63) is 29.8 Å². The van der Waals surface area contributed by atoms with E-state index in [0.717, 1.165) is 0 Å². The minimum Gasteiger partial charge on any atom is -0.496 e. The zero-order valence-corrected chi connectivity index (χ0v) is 13.1. The molecule has 124 valence electrons. The molecule has 7 heteroatoms. The van der Waals surface area contributed by atoms with Crippen molar-refractivity contribution in [2.24, 2.45) is 5.92 Å². The van der Waals surface area contributed by atoms with Gasteiger partial charge < -0.3 is 20.1 Å². The fourth-order valence-electron chi connectivity index (χ4n) is 2.85. The van der Waals surface area contributed by atoms with Crippen molar-refractivity contribution in [1.82, 2.24) is 10.2 Å². The number of ether oxygens (including phenoxy) is 1. The van der Waals surface area contributed by atoms with Crippen LogP contribution < -0.4 is 10.1 Å². The molecule has 1 aromatic carbocycles. The first-order valence-corrected chi connectivity index (χ1v) is 7.38. The molecule has 0 radical (unpaired) electrons. The monoisotopic (exact) mass is 320 g/mol. The smallest absolute Gasteiger partial charge is 0.326 e. The van der Waals surface area contributed by atoms with Crippen LogP contribution in [0.25, 0.3) is 0 Å². The Bertz CT molecular complexity index is 616. The molecule has 1 aliphatic rings. The molecule has 1 saturated heterocycles. The first-order chi connectivity index (χ1) is 11.0. The van der Waals surface area contributed by atoms with E-state index in [9.17, 15) is 19.5 Å². The van der Waals surface area contributed by atoms with Crippen LogP contribution in [0, 0.1) is 5.92 Å². The Morgan fingerprint density at radius 3 is 2.57 bits per heavy atom. The molecular formula is C16H20N2O5. The molecule has 7 nitrogen and oxygen atoms in total. The summed E-state index contributed by atoms with van der Waals surface area (Å²) in [7, 11) is 2.97. The third-order valence-corrected chi connectivity index (χ3v) is 4.08. The van der Waals surface area contributed by atoms with Gasteiger partial charge in [0.1, 0.15) is 11.8 Å². The van der Waals surface area contributed by atoms with E-state index in [0.29, 0.717) is 17.7 Å². The quantitative estimate of drug-likeness (QED) is 0.853. The van der Waals surface area contributed by atoms with Crippen LogP contribution in [0.3, 0.4) is 0 Å². The lowest BCUT2D eigenvalue weighted by Crippen LogP contribution is -2.53. The van der Waals surface area contributed by atoms with Crippen molar-refractivity contribution < 1.29 is 24.2 Å². The number of para-hydroxylation sites is 1. The molecule has 0 unspecified atom stereocenters. The number of methoxy groups -OCH3 is 1. The molecule has 0 bridgehead atoms. The first-order valence-electron chi connectivity index (χ1n) is 7.38. The average molecular weight is 320 g/mol. The number of benzene rings is 1. The maximum Gasteiger partial charge on any atom is 0.326 e. The minimum absolute atomic E-state index is 0.0769. The highest BCUT2D eigenvalue weighted by molar-refractivity contribution is 5.99. The summed E-state index contributed by atoms with van der Waals surface area (Å²) in [6.45, 7) is 0.0769. The van der Waals surface area contributed by atoms with Gasteiger partial charge in [0, 0.05) is 13.6 Å². The van der Waals surface area contributed by atoms with Crippen molar-refractivity contribution in [3.8, 4) is 5.75 Å². The second-order valence-electron chi connectivity index (χ2n) is 5.40. The summed E-state index contributed by atoms with van der Waals surface area (Å²) in [5.41, 5.74) is 0.291. The fourth-order valence-corrected chi connectivity index (χ4v) is 2.85. The number of carboxylic acid groups (broad SMARTS) is 1. The van der Waals surface area contributed by atoms with Gasteiger partial charge >= 0.3 is 5.97 Å². The largest absolute Gasteiger partial charge is 0.496 e. The molecule has 2 rings (SSSR count). The van der Waals surface area contributed by atoms with Crippen LogP contribution in [-0.4, -0.2) is 54.5 Å². The van der Waals surface area contributed by atoms with Gasteiger partial charge in [-0.25, -0.2) is 4.79 Å². The Morgan fingerprint density at radius 1 is 1.26 bits per heavy atom. The second-order valence-corrected chi connectivity index (χ2v) is 5.40. The van der Waals surface area contributed by atoms with Gasteiger partial charge in [-0.1, -0.05) is 12.1 Å². The molecule has 1 fully saturated rings. The minimum atomic E-state index is -1.07. The van der Waals surface area contributed by atoms with Crippen molar-refractivity contribution >= 4 is 17.8 Å². The van der Waals surface area contributed by atoms with E-state index in [-0.39, 0.29) is 18.9 Å². The van der Waals surface area contributed by atoms with E-state index >= 15 is 0 Å². The van der Waals surface area contributed by atoms with E-state index in [1.54, 1.807) is 24.3 Å². The van der Waals surface area contributed by atoms with Gasteiger partial charge in [0.15, 0.2) is 0 Å². The highest BCUT2D eigenvalue weighted by atomic mass is 16.5. The molecule has 0 aromatic heterocycles. The van der Waals surface area contributed by atoms with Gasteiger partial charge in [0.25, 0.3) is 5.91 Å². The van der Waals surface area contributed by atoms with Crippen LogP contribution in [-0.2, 0) is 9.59 Å². The Morgan fingerprint density at radius 2 is 1.96 bits per heavy atom. The summed E-state index contributed by atoms with van der Waals surface area (Å²) in [4.78, 5) is 37.4. The normalized spacial score (nSPS) is 20.7. The molecule has 1 heterocycles. The van der Waals surface area contributed by atoms with Gasteiger partial charge in [-0.15, -0.1) is 0 Å². The maximum atomic E-state index is 12.8. The number of nitrogens with one attached hydrogen (secondary N) is 1. The number of likely N-dealkylation sites (tertiary alicyclic amines) is 1. The standard InChI is InChI=1S/C16H20N2O5/c1-17-14(19)10-7-8-12(16(21)22)18(9-10)15(20)11-5-3-4-6-13(11)23-2/h3-6,10,12H,7-9H2,1-2H3,(H,17,19)(H,21,22)/t10-,12-/m0/s1. The number of piperidine rings is 1. The number of hydrogen-bond acceptors (Lipinski definition) is 4. The molecular weight excluding hydrogens is 300 g/mol. The van der Waals surface area contributed by atoms with E-state index in [1.807, 2.05) is 0 Å². The molecule has 2 atom stereocenters. The number of rotatable bonds is 4. The summed E-state index contributed by atoms with van der Waals surface area (Å²) in [6, 6.07) is 5.71. The van der Waals surface area contributed by atoms with Crippen molar-refractivity contribution in [1.29, 1.82) is 0 Å². The number of carboxylic acids is 1. The number of carbonyl (C=O) groups excluding carboxylic acids is 2. The van der Waals surface area contributed by atoms with Gasteiger partial charge in [-0.3, -0.25) is 9.59 Å². The SMILES string of the molecule is CNC(=O)[C@H]1CC[C@@H](C(=O)O)N(C(=O)c2ccccc2OC)C1. The third-order valence-electron chi connectivity index (χ3n) is 4.08. The molecule has 0 aliphatic carbocycles. The first kappa shape index (κ1) is 16.8. The Kier molecular flexibility index (Phi) is 5.20. The lowest BCUT2D eigenvalue weighted by Gasteiger charge is -2.37. The topological polar surface area (TPSA) is 95.9 Å². The van der Waals surface area contributed by atoms with Gasteiger partial charge in [0.2, 0.25) is 5.91 Å². The van der Waals surface area contributed by atoms with Gasteiger partial charge in [-0.05, 0) is 25.0 Å². The van der Waals surface area contributed by atoms with Crippen LogP contribution in [0.4, 0.5) is 0 Å². The molecule has 2 amide bonds. The zero-order valence-electron chi connectivity index (χ0n) is 13.1. The van der Waals surface area contributed by atoms with Crippen LogP contribution in [0.5, 0.6) is 5.75 Å². The van der Waals surface area contributed by atoms with E-state index in [1.165, 1.54) is 19.1 Å². The predicted octanol–water partition coefficient (Wildman–Crippen LogP) is 0.747. The predicted molar refractivity (Wildman–Crippen MR) is 82.2 cm³/mol. The summed E-state index contributed by atoms with van der Waals surface area (Å²) in [5, 5.41) is 11.9. The van der Waals surface area contributed by atoms with Gasteiger partial charge in [-0.2, -0.15) is 0 Å². The Balaban J connectivity index is 2.32. The van der Waals surface area contributed by atoms with Crippen molar-refractivity contribution in [2.45, 2.75) is 18.9 Å². The van der Waals surface area contributed by atoms with Gasteiger partial charge in [0.05, 0.1) is 18.6 Å². The summed E-state index contributed by atoms with van der Waals surface area (Å²) < 4.78 is 5.17. The van der Waals surface area contributed by atoms with Crippen LogP contribution in [0.1, 0.15) is 23.2 Å². The van der Waals surface area contributed by atoms with E-state index in [4.69, 9.17) is 4.74 Å². The van der Waals surface area contributed by atoms with Crippen LogP contribution in [0.15, 0.2) is 24.3 Å². The highest BCUT2D eigenvalue weighted by Gasteiger charge is 2.39. The lowest BCUT2D eigenvalue weighted by molar-refractivity contribution is -0.145. The van der Waals surface area contributed by atoms with Crippen LogP contribution >= 0.6 is 0 Å². The maximum absolute atomic E-state index is 12.8. The molecule has 1 aromatic rings. The average Bonchev–Trinajstić information content (AvgIpc) is 2.59. The zero-order chi connectivity index (χ0) is 17.0. The van der Waals surface area contributed by atoms with Crippen molar-refractivity contribution in [3.63, 3.8) is 0 Å². The van der Waals surface area contributed by atoms with Crippen LogP contribution in [0.2, 0.25) is 0 Å². The van der Waals surface area contributed by atoms with Crippen molar-refractivity contribution in [2.75, 3.05) is 20.7 Å². The molecule has 0 spiro atoms. The van der Waals surface area contributed by atoms with E-state index < -0.39 is 23.8 Å². The third kappa shape index (κ3) is 3.44. The molecule has 23 heavy (non-hydrogen) atoms. The number of nitrogens with zero attached hydrogens (tertiary/aromatic N) is 1. The number of hydrogen-bond donors (Lipinski definition) is 2. The molecule has 2 N–H and O–H groups in total. The fraction of sp³-hybridized carbons (Fsp3) is 0.438. The second kappa shape index (κ2) is 7.13. The Labute approximate surface area is 134 Å². The summed E-state index contributed by atoms with van der Waals surface area (Å²) in [6.07, 6.45) is 0.681. The Hall–Kier alpha value is -2.57. The number of carbonyl (C=O) groups is 3. The highest BCUT2D eigenvalue weighted by Crippen LogP contribution is 2.27. The lowest BCUT2D eigenvalue weighted by atomic mass is 9.91. The molecule has 1 aliphatic heterocycles.